The van der Waals surface area contributed by atoms with Crippen LogP contribution in [0.5, 0.6) is 11.8 Å². The Kier molecular flexibility index (Phi) is 3.96. The van der Waals surface area contributed by atoms with Crippen LogP contribution in [0.25, 0.3) is 0 Å². The average Bonchev–Trinajstić information content (AvgIpc) is 2.47. The molecule has 2 heterocycles. The molecule has 0 atom stereocenters. The second-order valence-corrected chi connectivity index (χ2v) is 5.11. The van der Waals surface area contributed by atoms with Crippen molar-refractivity contribution in [1.29, 1.82) is 0 Å². The summed E-state index contributed by atoms with van der Waals surface area (Å²) in [6.07, 6.45) is 1.12. The molecule has 1 aliphatic rings. The van der Waals surface area contributed by atoms with Crippen LogP contribution in [0.3, 0.4) is 0 Å². The maximum absolute atomic E-state index is 11.2. The number of hydrogen-bond acceptors (Lipinski definition) is 6. The molecule has 0 amide bonds. The zero-order chi connectivity index (χ0) is 14.8. The van der Waals surface area contributed by atoms with Gasteiger partial charge in [0.1, 0.15) is 0 Å². The first-order chi connectivity index (χ1) is 9.48. The molecule has 0 saturated carbocycles. The van der Waals surface area contributed by atoms with Crippen molar-refractivity contribution < 1.29 is 19.4 Å². The van der Waals surface area contributed by atoms with Crippen molar-refractivity contribution in [3.8, 4) is 11.8 Å². The fraction of sp³-hybridized carbons (Fsp3) is 0.615. The number of hydrogen-bond donors (Lipinski definition) is 1. The monoisotopic (exact) mass is 281 g/mol. The molecule has 1 aliphatic heterocycles. The normalized spacial score (nSPS) is 17.6. The Balaban J connectivity index is 2.16. The minimum Gasteiger partial charge on any atom is -0.481 e. The van der Waals surface area contributed by atoms with Gasteiger partial charge >= 0.3 is 5.97 Å². The Hall–Kier alpha value is -2.05. The lowest BCUT2D eigenvalue weighted by Gasteiger charge is -2.36. The molecule has 0 unspecified atom stereocenters. The van der Waals surface area contributed by atoms with E-state index in [-0.39, 0.29) is 0 Å². The molecule has 1 aromatic rings. The van der Waals surface area contributed by atoms with E-state index in [0.29, 0.717) is 43.6 Å². The Morgan fingerprint density at radius 3 is 2.15 bits per heavy atom. The van der Waals surface area contributed by atoms with E-state index in [1.807, 2.05) is 4.90 Å². The highest BCUT2D eigenvalue weighted by molar-refractivity contribution is 5.74. The zero-order valence-corrected chi connectivity index (χ0v) is 11.9. The molecule has 0 radical (unpaired) electrons. The van der Waals surface area contributed by atoms with E-state index in [9.17, 15) is 9.90 Å². The summed E-state index contributed by atoms with van der Waals surface area (Å²) in [6, 6.07) is 1.61. The highest BCUT2D eigenvalue weighted by Gasteiger charge is 2.37. The smallest absolute Gasteiger partial charge is 0.309 e. The molecule has 2 rings (SSSR count). The lowest BCUT2D eigenvalue weighted by molar-refractivity contribution is -0.149. The first kappa shape index (κ1) is 14.4. The van der Waals surface area contributed by atoms with Crippen LogP contribution in [0, 0.1) is 5.41 Å². The molecular formula is C13H19N3O4. The number of piperidine rings is 1. The zero-order valence-electron chi connectivity index (χ0n) is 11.9. The molecule has 0 bridgehead atoms. The van der Waals surface area contributed by atoms with Crippen LogP contribution in [0.1, 0.15) is 19.8 Å². The van der Waals surface area contributed by atoms with Crippen molar-refractivity contribution in [3.05, 3.63) is 6.07 Å². The standard InChI is InChI=1S/C13H19N3O4/c1-13(11(17)18)4-6-16(7-5-13)12-14-9(19-2)8-10(15-12)20-3/h8H,4-7H2,1-3H3,(H,17,18). The predicted octanol–water partition coefficient (Wildman–Crippen LogP) is 1.18. The van der Waals surface area contributed by atoms with Gasteiger partial charge in [-0.05, 0) is 19.8 Å². The van der Waals surface area contributed by atoms with E-state index >= 15 is 0 Å². The van der Waals surface area contributed by atoms with Crippen LogP contribution in [-0.2, 0) is 4.79 Å². The van der Waals surface area contributed by atoms with Crippen molar-refractivity contribution in [3.63, 3.8) is 0 Å². The average molecular weight is 281 g/mol. The number of nitrogens with zero attached hydrogens (tertiary/aromatic N) is 3. The fourth-order valence-corrected chi connectivity index (χ4v) is 2.16. The van der Waals surface area contributed by atoms with E-state index in [0.717, 1.165) is 0 Å². The molecule has 20 heavy (non-hydrogen) atoms. The van der Waals surface area contributed by atoms with Gasteiger partial charge in [-0.15, -0.1) is 0 Å². The number of ether oxygens (including phenoxy) is 2. The maximum Gasteiger partial charge on any atom is 0.309 e. The van der Waals surface area contributed by atoms with Crippen molar-refractivity contribution >= 4 is 11.9 Å². The van der Waals surface area contributed by atoms with Gasteiger partial charge in [0.2, 0.25) is 17.7 Å². The van der Waals surface area contributed by atoms with Gasteiger partial charge in [-0.1, -0.05) is 0 Å². The van der Waals surface area contributed by atoms with Crippen LogP contribution in [0.15, 0.2) is 6.07 Å². The Labute approximate surface area is 117 Å². The van der Waals surface area contributed by atoms with E-state index in [1.165, 1.54) is 14.2 Å². The Bertz CT molecular complexity index is 476. The quantitative estimate of drug-likeness (QED) is 0.887. The van der Waals surface area contributed by atoms with Gasteiger partial charge in [0.25, 0.3) is 0 Å². The summed E-state index contributed by atoms with van der Waals surface area (Å²) in [7, 11) is 3.06. The minimum absolute atomic E-state index is 0.429. The molecule has 1 saturated heterocycles. The fourth-order valence-electron chi connectivity index (χ4n) is 2.16. The number of rotatable bonds is 4. The summed E-state index contributed by atoms with van der Waals surface area (Å²) < 4.78 is 10.2. The van der Waals surface area contributed by atoms with Gasteiger partial charge < -0.3 is 19.5 Å². The summed E-state index contributed by atoms with van der Waals surface area (Å²) in [5, 5.41) is 9.23. The summed E-state index contributed by atoms with van der Waals surface area (Å²) in [4.78, 5) is 21.7. The topological polar surface area (TPSA) is 84.8 Å². The predicted molar refractivity (Wildman–Crippen MR) is 72.3 cm³/mol. The van der Waals surface area contributed by atoms with Gasteiger partial charge in [-0.3, -0.25) is 4.79 Å². The number of carboxylic acid groups (broad SMARTS) is 1. The van der Waals surface area contributed by atoms with Gasteiger partial charge in [-0.2, -0.15) is 9.97 Å². The van der Waals surface area contributed by atoms with Crippen LogP contribution in [-0.4, -0.2) is 48.4 Å². The molecule has 1 fully saturated rings. The van der Waals surface area contributed by atoms with E-state index in [4.69, 9.17) is 9.47 Å². The molecule has 1 aromatic heterocycles. The molecule has 0 aromatic carbocycles. The first-order valence-corrected chi connectivity index (χ1v) is 6.44. The van der Waals surface area contributed by atoms with Crippen LogP contribution in [0.2, 0.25) is 0 Å². The second-order valence-electron chi connectivity index (χ2n) is 5.11. The minimum atomic E-state index is -0.749. The van der Waals surface area contributed by atoms with E-state index < -0.39 is 11.4 Å². The van der Waals surface area contributed by atoms with Crippen molar-refractivity contribution in [1.82, 2.24) is 9.97 Å². The lowest BCUT2D eigenvalue weighted by Crippen LogP contribution is -2.43. The SMILES string of the molecule is COc1cc(OC)nc(N2CCC(C)(C(=O)O)CC2)n1. The molecule has 1 N–H and O–H groups in total. The summed E-state index contributed by atoms with van der Waals surface area (Å²) in [5.41, 5.74) is -0.667. The van der Waals surface area contributed by atoms with Crippen molar-refractivity contribution in [2.24, 2.45) is 5.41 Å². The third-order valence-electron chi connectivity index (χ3n) is 3.75. The number of anilines is 1. The number of methoxy groups -OCH3 is 2. The van der Waals surface area contributed by atoms with Crippen LogP contribution in [0.4, 0.5) is 5.95 Å². The molecular weight excluding hydrogens is 262 g/mol. The van der Waals surface area contributed by atoms with Gasteiger partial charge in [0, 0.05) is 13.1 Å². The number of carbonyl (C=O) groups is 1. The van der Waals surface area contributed by atoms with Gasteiger partial charge in [0.05, 0.1) is 25.7 Å². The maximum atomic E-state index is 11.2. The Morgan fingerprint density at radius 1 is 1.25 bits per heavy atom. The molecule has 110 valence electrons. The lowest BCUT2D eigenvalue weighted by atomic mass is 9.80. The van der Waals surface area contributed by atoms with Crippen molar-refractivity contribution in [2.75, 3.05) is 32.2 Å². The Morgan fingerprint density at radius 2 is 1.75 bits per heavy atom. The second kappa shape index (κ2) is 5.52. The highest BCUT2D eigenvalue weighted by Crippen LogP contribution is 2.33. The number of aromatic nitrogens is 2. The van der Waals surface area contributed by atoms with Crippen molar-refractivity contribution in [2.45, 2.75) is 19.8 Å². The molecule has 7 heteroatoms. The van der Waals surface area contributed by atoms with Gasteiger partial charge in [-0.25, -0.2) is 0 Å². The summed E-state index contributed by atoms with van der Waals surface area (Å²) in [6.45, 7) is 2.97. The summed E-state index contributed by atoms with van der Waals surface area (Å²) in [5.74, 6) is 0.617. The molecule has 0 aliphatic carbocycles. The van der Waals surface area contributed by atoms with Crippen LogP contribution >= 0.6 is 0 Å². The van der Waals surface area contributed by atoms with E-state index in [1.54, 1.807) is 13.0 Å². The number of aliphatic carboxylic acids is 1. The molecule has 0 spiro atoms. The molecule has 7 nitrogen and oxygen atoms in total. The van der Waals surface area contributed by atoms with E-state index in [2.05, 4.69) is 9.97 Å². The highest BCUT2D eigenvalue weighted by atomic mass is 16.5. The third kappa shape index (κ3) is 2.76. The first-order valence-electron chi connectivity index (χ1n) is 6.44. The largest absolute Gasteiger partial charge is 0.481 e. The summed E-state index contributed by atoms with van der Waals surface area (Å²) >= 11 is 0. The van der Waals surface area contributed by atoms with Gasteiger partial charge in [0.15, 0.2) is 0 Å². The number of carboxylic acids is 1. The van der Waals surface area contributed by atoms with Crippen LogP contribution < -0.4 is 14.4 Å². The third-order valence-corrected chi connectivity index (χ3v) is 3.75.